The second-order valence-electron chi connectivity index (χ2n) is 5.93. The van der Waals surface area contributed by atoms with Gasteiger partial charge in [0.15, 0.2) is 0 Å². The molecule has 2 rings (SSSR count). The third-order valence-electron chi connectivity index (χ3n) is 4.09. The normalized spacial score (nSPS) is 24.2. The molecule has 118 valence electrons. The Morgan fingerprint density at radius 1 is 1.10 bits per heavy atom. The Morgan fingerprint density at radius 2 is 1.67 bits per heavy atom. The summed E-state index contributed by atoms with van der Waals surface area (Å²) in [7, 11) is -3.11. The summed E-state index contributed by atoms with van der Waals surface area (Å²) in [5.74, 6) is 0.272. The van der Waals surface area contributed by atoms with E-state index in [0.29, 0.717) is 13.1 Å². The number of nitrogens with zero attached hydrogens (tertiary/aromatic N) is 2. The molecule has 2 atom stereocenters. The van der Waals surface area contributed by atoms with Crippen LogP contribution in [0.3, 0.4) is 0 Å². The minimum atomic E-state index is -3.11. The van der Waals surface area contributed by atoms with E-state index in [4.69, 9.17) is 0 Å². The number of hydrogen-bond donors (Lipinski definition) is 0. The van der Waals surface area contributed by atoms with Gasteiger partial charge in [0.25, 0.3) is 0 Å². The average molecular weight is 310 g/mol. The first-order valence-corrected chi connectivity index (χ1v) is 9.38. The zero-order chi connectivity index (χ0) is 15.5. The van der Waals surface area contributed by atoms with Gasteiger partial charge in [-0.2, -0.15) is 4.31 Å². The van der Waals surface area contributed by atoms with E-state index < -0.39 is 10.0 Å². The lowest BCUT2D eigenvalue weighted by Crippen LogP contribution is -2.58. The SMILES string of the molecule is CCCCS(=O)(=O)N1CC(C)N(c2ccccc2)C(C)C1. The standard InChI is InChI=1S/C16H26N2O2S/c1-4-5-11-21(19,20)17-12-14(2)18(15(3)13-17)16-9-7-6-8-10-16/h6-10,14-15H,4-5,11-13H2,1-3H3. The summed E-state index contributed by atoms with van der Waals surface area (Å²) < 4.78 is 26.5. The molecule has 0 radical (unpaired) electrons. The minimum Gasteiger partial charge on any atom is -0.363 e. The summed E-state index contributed by atoms with van der Waals surface area (Å²) in [4.78, 5) is 2.33. The maximum Gasteiger partial charge on any atom is 0.214 e. The van der Waals surface area contributed by atoms with E-state index in [1.54, 1.807) is 4.31 Å². The molecule has 1 aromatic carbocycles. The number of hydrogen-bond acceptors (Lipinski definition) is 3. The summed E-state index contributed by atoms with van der Waals surface area (Å²) in [5.41, 5.74) is 1.17. The Labute approximate surface area is 128 Å². The fraction of sp³-hybridized carbons (Fsp3) is 0.625. The summed E-state index contributed by atoms with van der Waals surface area (Å²) in [6.45, 7) is 7.38. The van der Waals surface area contributed by atoms with Crippen LogP contribution in [0.4, 0.5) is 5.69 Å². The molecular weight excluding hydrogens is 284 g/mol. The summed E-state index contributed by atoms with van der Waals surface area (Å²) in [6, 6.07) is 10.6. The van der Waals surface area contributed by atoms with E-state index in [1.165, 1.54) is 5.69 Å². The molecule has 1 fully saturated rings. The molecule has 1 saturated heterocycles. The van der Waals surface area contributed by atoms with Crippen LogP contribution in [0.1, 0.15) is 33.6 Å². The van der Waals surface area contributed by atoms with Crippen molar-refractivity contribution in [2.24, 2.45) is 0 Å². The molecule has 1 aliphatic rings. The molecule has 0 aromatic heterocycles. The highest BCUT2D eigenvalue weighted by atomic mass is 32.2. The van der Waals surface area contributed by atoms with Crippen LogP contribution in [0.25, 0.3) is 0 Å². The molecule has 2 unspecified atom stereocenters. The molecule has 0 saturated carbocycles. The molecule has 5 heteroatoms. The van der Waals surface area contributed by atoms with E-state index in [-0.39, 0.29) is 17.8 Å². The first-order valence-electron chi connectivity index (χ1n) is 7.77. The predicted octanol–water partition coefficient (Wildman–Crippen LogP) is 2.72. The van der Waals surface area contributed by atoms with Crippen LogP contribution in [-0.4, -0.2) is 43.6 Å². The number of benzene rings is 1. The first-order chi connectivity index (χ1) is 9.95. The monoisotopic (exact) mass is 310 g/mol. The van der Waals surface area contributed by atoms with Gasteiger partial charge in [-0.05, 0) is 32.4 Å². The molecule has 0 N–H and O–H groups in total. The number of piperazine rings is 1. The van der Waals surface area contributed by atoms with Crippen molar-refractivity contribution in [2.75, 3.05) is 23.7 Å². The molecular formula is C16H26N2O2S. The van der Waals surface area contributed by atoms with Crippen molar-refractivity contribution in [3.63, 3.8) is 0 Å². The smallest absolute Gasteiger partial charge is 0.214 e. The first kappa shape index (κ1) is 16.3. The molecule has 21 heavy (non-hydrogen) atoms. The van der Waals surface area contributed by atoms with Crippen LogP contribution in [-0.2, 0) is 10.0 Å². The van der Waals surface area contributed by atoms with Crippen LogP contribution in [0.2, 0.25) is 0 Å². The Bertz CT molecular complexity index is 533. The van der Waals surface area contributed by atoms with Crippen LogP contribution < -0.4 is 4.90 Å². The molecule has 1 aliphatic heterocycles. The molecule has 1 aromatic rings. The van der Waals surface area contributed by atoms with Crippen molar-refractivity contribution in [1.82, 2.24) is 4.31 Å². The lowest BCUT2D eigenvalue weighted by atomic mass is 10.1. The number of rotatable bonds is 5. The van der Waals surface area contributed by atoms with Gasteiger partial charge in [-0.3, -0.25) is 0 Å². The molecule has 0 spiro atoms. The number of anilines is 1. The lowest BCUT2D eigenvalue weighted by Gasteiger charge is -2.45. The quantitative estimate of drug-likeness (QED) is 0.839. The van der Waals surface area contributed by atoms with Gasteiger partial charge in [0.2, 0.25) is 10.0 Å². The molecule has 4 nitrogen and oxygen atoms in total. The molecule has 0 bridgehead atoms. The highest BCUT2D eigenvalue weighted by molar-refractivity contribution is 7.89. The Kier molecular flexibility index (Phi) is 5.27. The number of sulfonamides is 1. The second-order valence-corrected chi connectivity index (χ2v) is 8.02. The maximum absolute atomic E-state index is 12.4. The van der Waals surface area contributed by atoms with Gasteiger partial charge in [-0.1, -0.05) is 31.5 Å². The van der Waals surface area contributed by atoms with Crippen molar-refractivity contribution in [1.29, 1.82) is 0 Å². The van der Waals surface area contributed by atoms with Crippen molar-refractivity contribution in [3.05, 3.63) is 30.3 Å². The second kappa shape index (κ2) is 6.79. The van der Waals surface area contributed by atoms with Crippen LogP contribution in [0.5, 0.6) is 0 Å². The van der Waals surface area contributed by atoms with Gasteiger partial charge in [0, 0.05) is 30.9 Å². The Hall–Kier alpha value is -1.07. The third-order valence-corrected chi connectivity index (χ3v) is 5.98. The fourth-order valence-corrected chi connectivity index (χ4v) is 4.86. The fourth-order valence-electron chi connectivity index (χ4n) is 3.07. The topological polar surface area (TPSA) is 40.6 Å². The summed E-state index contributed by atoms with van der Waals surface area (Å²) in [5, 5.41) is 0. The van der Waals surface area contributed by atoms with Crippen LogP contribution in [0, 0.1) is 0 Å². The van der Waals surface area contributed by atoms with Gasteiger partial charge in [-0.25, -0.2) is 8.42 Å². The zero-order valence-corrected chi connectivity index (χ0v) is 14.0. The number of unbranched alkanes of at least 4 members (excludes halogenated alkanes) is 1. The molecule has 1 heterocycles. The predicted molar refractivity (Wildman–Crippen MR) is 88.1 cm³/mol. The van der Waals surface area contributed by atoms with Crippen molar-refractivity contribution >= 4 is 15.7 Å². The van der Waals surface area contributed by atoms with E-state index in [9.17, 15) is 8.42 Å². The van der Waals surface area contributed by atoms with Crippen molar-refractivity contribution in [2.45, 2.75) is 45.7 Å². The van der Waals surface area contributed by atoms with E-state index in [2.05, 4.69) is 30.9 Å². The van der Waals surface area contributed by atoms with Gasteiger partial charge < -0.3 is 4.90 Å². The summed E-state index contributed by atoms with van der Waals surface area (Å²) >= 11 is 0. The van der Waals surface area contributed by atoms with Crippen molar-refractivity contribution < 1.29 is 8.42 Å². The average Bonchev–Trinajstić information content (AvgIpc) is 2.45. The van der Waals surface area contributed by atoms with Crippen molar-refractivity contribution in [3.8, 4) is 0 Å². The van der Waals surface area contributed by atoms with E-state index in [0.717, 1.165) is 12.8 Å². The van der Waals surface area contributed by atoms with Crippen LogP contribution in [0.15, 0.2) is 30.3 Å². The van der Waals surface area contributed by atoms with Gasteiger partial charge in [-0.15, -0.1) is 0 Å². The Morgan fingerprint density at radius 3 is 2.19 bits per heavy atom. The third kappa shape index (κ3) is 3.77. The van der Waals surface area contributed by atoms with E-state index in [1.807, 2.05) is 25.1 Å². The zero-order valence-electron chi connectivity index (χ0n) is 13.2. The Balaban J connectivity index is 2.12. The van der Waals surface area contributed by atoms with Crippen LogP contribution >= 0.6 is 0 Å². The summed E-state index contributed by atoms with van der Waals surface area (Å²) in [6.07, 6.45) is 1.65. The lowest BCUT2D eigenvalue weighted by molar-refractivity contribution is 0.301. The highest BCUT2D eigenvalue weighted by Crippen LogP contribution is 2.25. The van der Waals surface area contributed by atoms with Gasteiger partial charge >= 0.3 is 0 Å². The van der Waals surface area contributed by atoms with Gasteiger partial charge in [0.05, 0.1) is 5.75 Å². The molecule has 0 aliphatic carbocycles. The van der Waals surface area contributed by atoms with Gasteiger partial charge in [0.1, 0.15) is 0 Å². The maximum atomic E-state index is 12.4. The largest absolute Gasteiger partial charge is 0.363 e. The van der Waals surface area contributed by atoms with E-state index >= 15 is 0 Å². The number of para-hydroxylation sites is 1. The molecule has 0 amide bonds. The minimum absolute atomic E-state index is 0.188. The highest BCUT2D eigenvalue weighted by Gasteiger charge is 2.34.